The van der Waals surface area contributed by atoms with Gasteiger partial charge in [0.1, 0.15) is 11.6 Å². The molecule has 2 amide bonds. The molecule has 3 aromatic rings. The molecule has 8 nitrogen and oxygen atoms in total. The number of carbonyl (C=O) groups excluding carboxylic acids is 2. The van der Waals surface area contributed by atoms with Gasteiger partial charge in [-0.2, -0.15) is 4.31 Å². The van der Waals surface area contributed by atoms with Gasteiger partial charge in [0.05, 0.1) is 24.2 Å². The van der Waals surface area contributed by atoms with Crippen LogP contribution in [-0.2, 0) is 14.8 Å². The van der Waals surface area contributed by atoms with Crippen molar-refractivity contribution >= 4 is 33.2 Å². The maximum absolute atomic E-state index is 13.4. The first-order valence-corrected chi connectivity index (χ1v) is 11.2. The summed E-state index contributed by atoms with van der Waals surface area (Å²) in [4.78, 5) is 25.0. The number of sulfonamides is 1. The van der Waals surface area contributed by atoms with Gasteiger partial charge in [-0.15, -0.1) is 0 Å². The van der Waals surface area contributed by atoms with Crippen LogP contribution in [0.4, 0.5) is 15.8 Å². The third kappa shape index (κ3) is 5.93. The molecule has 0 heterocycles. The van der Waals surface area contributed by atoms with Crippen molar-refractivity contribution in [2.45, 2.75) is 4.90 Å². The fraction of sp³-hybridized carbons (Fsp3) is 0.130. The molecule has 0 saturated carbocycles. The van der Waals surface area contributed by atoms with E-state index in [0.29, 0.717) is 11.4 Å². The lowest BCUT2D eigenvalue weighted by Gasteiger charge is -2.17. The average Bonchev–Trinajstić information content (AvgIpc) is 2.79. The SMILES string of the molecule is COc1ccc(NC(=O)CN(C)S(=O)(=O)c2ccccc2)cc1NC(=O)c1cccc(F)c1. The summed E-state index contributed by atoms with van der Waals surface area (Å²) < 4.78 is 44.8. The molecule has 0 fully saturated rings. The highest BCUT2D eigenvalue weighted by Crippen LogP contribution is 2.28. The Kier molecular flexibility index (Phi) is 7.41. The smallest absolute Gasteiger partial charge is 0.255 e. The van der Waals surface area contributed by atoms with E-state index in [-0.39, 0.29) is 16.1 Å². The third-order valence-electron chi connectivity index (χ3n) is 4.64. The first-order chi connectivity index (χ1) is 15.7. The second kappa shape index (κ2) is 10.2. The van der Waals surface area contributed by atoms with Crippen molar-refractivity contribution in [3.05, 3.63) is 84.2 Å². The minimum absolute atomic E-state index is 0.0760. The Labute approximate surface area is 191 Å². The summed E-state index contributed by atoms with van der Waals surface area (Å²) in [6.07, 6.45) is 0. The van der Waals surface area contributed by atoms with Gasteiger partial charge in [0.25, 0.3) is 5.91 Å². The molecule has 0 aliphatic carbocycles. The molecule has 0 saturated heterocycles. The molecule has 33 heavy (non-hydrogen) atoms. The fourth-order valence-electron chi connectivity index (χ4n) is 2.97. The molecule has 3 aromatic carbocycles. The zero-order valence-electron chi connectivity index (χ0n) is 17.9. The number of likely N-dealkylation sites (N-methyl/N-ethyl adjacent to an activating group) is 1. The number of carbonyl (C=O) groups is 2. The summed E-state index contributed by atoms with van der Waals surface area (Å²) >= 11 is 0. The predicted octanol–water partition coefficient (Wildman–Crippen LogP) is 3.35. The Morgan fingerprint density at radius 3 is 2.36 bits per heavy atom. The van der Waals surface area contributed by atoms with Crippen molar-refractivity contribution < 1.29 is 27.1 Å². The van der Waals surface area contributed by atoms with E-state index < -0.39 is 34.2 Å². The zero-order valence-corrected chi connectivity index (χ0v) is 18.7. The van der Waals surface area contributed by atoms with E-state index in [0.717, 1.165) is 10.4 Å². The Morgan fingerprint density at radius 2 is 1.70 bits per heavy atom. The molecule has 0 atom stereocenters. The van der Waals surface area contributed by atoms with E-state index in [1.54, 1.807) is 24.3 Å². The molecule has 0 unspecified atom stereocenters. The van der Waals surface area contributed by atoms with Crippen molar-refractivity contribution in [2.24, 2.45) is 0 Å². The molecule has 2 N–H and O–H groups in total. The fourth-order valence-corrected chi connectivity index (χ4v) is 4.12. The second-order valence-electron chi connectivity index (χ2n) is 7.00. The lowest BCUT2D eigenvalue weighted by Crippen LogP contribution is -2.34. The molecule has 0 aliphatic heterocycles. The predicted molar refractivity (Wildman–Crippen MR) is 122 cm³/mol. The van der Waals surface area contributed by atoms with Gasteiger partial charge in [-0.05, 0) is 48.5 Å². The number of methoxy groups -OCH3 is 1. The number of nitrogens with zero attached hydrogens (tertiary/aromatic N) is 1. The van der Waals surface area contributed by atoms with Gasteiger partial charge < -0.3 is 15.4 Å². The maximum atomic E-state index is 13.4. The number of halogens is 1. The van der Waals surface area contributed by atoms with Gasteiger partial charge in [0, 0.05) is 18.3 Å². The Bertz CT molecular complexity index is 1270. The molecule has 0 spiro atoms. The number of anilines is 2. The van der Waals surface area contributed by atoms with Gasteiger partial charge in [-0.25, -0.2) is 12.8 Å². The van der Waals surface area contributed by atoms with Crippen LogP contribution in [0.2, 0.25) is 0 Å². The molecule has 0 bridgehead atoms. The third-order valence-corrected chi connectivity index (χ3v) is 6.45. The van der Waals surface area contributed by atoms with Crippen LogP contribution >= 0.6 is 0 Å². The molecule has 0 aromatic heterocycles. The van der Waals surface area contributed by atoms with E-state index >= 15 is 0 Å². The normalized spacial score (nSPS) is 11.2. The van der Waals surface area contributed by atoms with Crippen LogP contribution in [-0.4, -0.2) is 45.2 Å². The molecule has 172 valence electrons. The van der Waals surface area contributed by atoms with Crippen molar-refractivity contribution in [3.8, 4) is 5.75 Å². The van der Waals surface area contributed by atoms with Gasteiger partial charge in [-0.1, -0.05) is 24.3 Å². The van der Waals surface area contributed by atoms with E-state index in [1.807, 2.05) is 0 Å². The van der Waals surface area contributed by atoms with Gasteiger partial charge >= 0.3 is 0 Å². The minimum Gasteiger partial charge on any atom is -0.495 e. The first-order valence-electron chi connectivity index (χ1n) is 9.77. The molecular weight excluding hydrogens is 449 g/mol. The Balaban J connectivity index is 1.72. The monoisotopic (exact) mass is 471 g/mol. The van der Waals surface area contributed by atoms with Gasteiger partial charge in [-0.3, -0.25) is 9.59 Å². The first kappa shape index (κ1) is 23.9. The number of hydrogen-bond acceptors (Lipinski definition) is 5. The molecular formula is C23H22FN3O5S. The number of nitrogens with one attached hydrogen (secondary N) is 2. The summed E-state index contributed by atoms with van der Waals surface area (Å²) in [5, 5.41) is 5.22. The number of rotatable bonds is 8. The molecule has 10 heteroatoms. The van der Waals surface area contributed by atoms with Crippen molar-refractivity contribution in [3.63, 3.8) is 0 Å². The van der Waals surface area contributed by atoms with Crippen LogP contribution in [0.3, 0.4) is 0 Å². The Morgan fingerprint density at radius 1 is 0.970 bits per heavy atom. The van der Waals surface area contributed by atoms with Crippen LogP contribution < -0.4 is 15.4 Å². The molecule has 0 aliphatic rings. The second-order valence-corrected chi connectivity index (χ2v) is 9.05. The van der Waals surface area contributed by atoms with E-state index in [1.165, 1.54) is 56.6 Å². The van der Waals surface area contributed by atoms with E-state index in [2.05, 4.69) is 10.6 Å². The summed E-state index contributed by atoms with van der Waals surface area (Å²) in [6, 6.07) is 17.5. The summed E-state index contributed by atoms with van der Waals surface area (Å²) in [7, 11) is -1.11. The van der Waals surface area contributed by atoms with Gasteiger partial charge in [0.2, 0.25) is 15.9 Å². The summed E-state index contributed by atoms with van der Waals surface area (Å²) in [6.45, 7) is -0.422. The Hall–Kier alpha value is -3.76. The largest absolute Gasteiger partial charge is 0.495 e. The van der Waals surface area contributed by atoms with E-state index in [4.69, 9.17) is 4.74 Å². The summed E-state index contributed by atoms with van der Waals surface area (Å²) in [5.41, 5.74) is 0.662. The zero-order chi connectivity index (χ0) is 24.0. The van der Waals surface area contributed by atoms with Crippen LogP contribution in [0.25, 0.3) is 0 Å². The maximum Gasteiger partial charge on any atom is 0.255 e. The van der Waals surface area contributed by atoms with Crippen LogP contribution in [0.15, 0.2) is 77.7 Å². The molecule has 3 rings (SSSR count). The standard InChI is InChI=1S/C23H22FN3O5S/c1-27(33(30,31)19-9-4-3-5-10-19)15-22(28)25-18-11-12-21(32-2)20(14-18)26-23(29)16-7-6-8-17(24)13-16/h3-14H,15H2,1-2H3,(H,25,28)(H,26,29). The summed E-state index contributed by atoms with van der Waals surface area (Å²) in [5.74, 6) is -1.37. The van der Waals surface area contributed by atoms with Crippen molar-refractivity contribution in [1.82, 2.24) is 4.31 Å². The molecule has 0 radical (unpaired) electrons. The number of ether oxygens (including phenoxy) is 1. The van der Waals surface area contributed by atoms with Crippen LogP contribution in [0.1, 0.15) is 10.4 Å². The number of benzene rings is 3. The lowest BCUT2D eigenvalue weighted by atomic mass is 10.2. The lowest BCUT2D eigenvalue weighted by molar-refractivity contribution is -0.116. The minimum atomic E-state index is -3.83. The van der Waals surface area contributed by atoms with Crippen molar-refractivity contribution in [1.29, 1.82) is 0 Å². The topological polar surface area (TPSA) is 105 Å². The highest BCUT2D eigenvalue weighted by atomic mass is 32.2. The van der Waals surface area contributed by atoms with Gasteiger partial charge in [0.15, 0.2) is 0 Å². The van der Waals surface area contributed by atoms with Crippen molar-refractivity contribution in [2.75, 3.05) is 31.3 Å². The highest BCUT2D eigenvalue weighted by molar-refractivity contribution is 7.89. The quantitative estimate of drug-likeness (QED) is 0.524. The van der Waals surface area contributed by atoms with E-state index in [9.17, 15) is 22.4 Å². The van der Waals surface area contributed by atoms with Crippen LogP contribution in [0, 0.1) is 5.82 Å². The average molecular weight is 472 g/mol. The van der Waals surface area contributed by atoms with Crippen LogP contribution in [0.5, 0.6) is 5.75 Å². The number of hydrogen-bond donors (Lipinski definition) is 2. The number of amides is 2. The highest BCUT2D eigenvalue weighted by Gasteiger charge is 2.23.